The van der Waals surface area contributed by atoms with Crippen LogP contribution in [0.15, 0.2) is 30.5 Å². The zero-order chi connectivity index (χ0) is 12.7. The van der Waals surface area contributed by atoms with Crippen molar-refractivity contribution < 1.29 is 4.79 Å². The minimum absolute atomic E-state index is 0.0571. The van der Waals surface area contributed by atoms with Gasteiger partial charge in [0.1, 0.15) is 0 Å². The van der Waals surface area contributed by atoms with E-state index in [1.807, 2.05) is 44.2 Å². The highest BCUT2D eigenvalue weighted by molar-refractivity contribution is 5.76. The fourth-order valence-corrected chi connectivity index (χ4v) is 1.49. The molecule has 0 atom stereocenters. The van der Waals surface area contributed by atoms with Crippen LogP contribution in [0, 0.1) is 6.92 Å². The summed E-state index contributed by atoms with van der Waals surface area (Å²) < 4.78 is 0. The van der Waals surface area contributed by atoms with Gasteiger partial charge in [-0.05, 0) is 32.4 Å². The van der Waals surface area contributed by atoms with Crippen LogP contribution in [0.2, 0.25) is 0 Å². The number of nitrogens with one attached hydrogen (secondary N) is 1. The van der Waals surface area contributed by atoms with Crippen molar-refractivity contribution in [2.24, 2.45) is 0 Å². The first-order chi connectivity index (χ1) is 8.17. The van der Waals surface area contributed by atoms with Gasteiger partial charge in [-0.1, -0.05) is 29.8 Å². The van der Waals surface area contributed by atoms with E-state index >= 15 is 0 Å². The normalized spacial score (nSPS) is 10.5. The van der Waals surface area contributed by atoms with Gasteiger partial charge >= 0.3 is 6.03 Å². The van der Waals surface area contributed by atoms with E-state index in [-0.39, 0.29) is 6.03 Å². The Kier molecular flexibility index (Phi) is 5.27. The molecule has 0 aliphatic heterocycles. The molecule has 0 aliphatic rings. The van der Waals surface area contributed by atoms with Crippen LogP contribution >= 0.6 is 0 Å². The Morgan fingerprint density at radius 1 is 1.24 bits per heavy atom. The van der Waals surface area contributed by atoms with Crippen molar-refractivity contribution in [3.63, 3.8) is 0 Å². The molecule has 92 valence electrons. The van der Waals surface area contributed by atoms with Gasteiger partial charge in [0.15, 0.2) is 0 Å². The van der Waals surface area contributed by atoms with Crippen LogP contribution < -0.4 is 5.32 Å². The van der Waals surface area contributed by atoms with Crippen LogP contribution in [-0.4, -0.2) is 24.0 Å². The van der Waals surface area contributed by atoms with Gasteiger partial charge < -0.3 is 10.2 Å². The molecular formula is C14H20N2O. The Hall–Kier alpha value is -1.77. The molecule has 0 unspecified atom stereocenters. The lowest BCUT2D eigenvalue weighted by molar-refractivity contribution is 0.207. The Bertz CT molecular complexity index is 378. The predicted octanol–water partition coefficient (Wildman–Crippen LogP) is 3.02. The molecular weight excluding hydrogens is 212 g/mol. The van der Waals surface area contributed by atoms with Crippen LogP contribution in [0.4, 0.5) is 4.79 Å². The van der Waals surface area contributed by atoms with Gasteiger partial charge in [0, 0.05) is 19.3 Å². The number of amides is 2. The molecule has 3 nitrogen and oxygen atoms in total. The molecule has 0 saturated carbocycles. The van der Waals surface area contributed by atoms with Gasteiger partial charge in [-0.3, -0.25) is 0 Å². The Morgan fingerprint density at radius 3 is 2.35 bits per heavy atom. The third kappa shape index (κ3) is 4.31. The molecule has 0 heterocycles. The van der Waals surface area contributed by atoms with E-state index < -0.39 is 0 Å². The van der Waals surface area contributed by atoms with Gasteiger partial charge in [-0.15, -0.1) is 0 Å². The van der Waals surface area contributed by atoms with Crippen LogP contribution in [0.1, 0.15) is 25.0 Å². The van der Waals surface area contributed by atoms with E-state index in [4.69, 9.17) is 0 Å². The molecule has 1 aromatic carbocycles. The van der Waals surface area contributed by atoms with Gasteiger partial charge in [0.25, 0.3) is 0 Å². The summed E-state index contributed by atoms with van der Waals surface area (Å²) in [5, 5.41) is 2.75. The van der Waals surface area contributed by atoms with Crippen molar-refractivity contribution in [1.29, 1.82) is 0 Å². The summed E-state index contributed by atoms with van der Waals surface area (Å²) in [6, 6.07) is 8.08. The number of carbonyl (C=O) groups excluding carboxylic acids is 1. The molecule has 1 rings (SSSR count). The largest absolute Gasteiger partial charge is 0.325 e. The first kappa shape index (κ1) is 13.3. The molecule has 2 amide bonds. The maximum absolute atomic E-state index is 11.6. The first-order valence-corrected chi connectivity index (χ1v) is 5.96. The molecule has 0 radical (unpaired) electrons. The van der Waals surface area contributed by atoms with Gasteiger partial charge in [-0.25, -0.2) is 4.79 Å². The van der Waals surface area contributed by atoms with Crippen molar-refractivity contribution in [3.8, 4) is 0 Å². The monoisotopic (exact) mass is 232 g/mol. The van der Waals surface area contributed by atoms with Crippen molar-refractivity contribution in [2.45, 2.75) is 20.8 Å². The Labute approximate surface area is 103 Å². The number of benzene rings is 1. The second kappa shape index (κ2) is 6.74. The zero-order valence-corrected chi connectivity index (χ0v) is 10.7. The number of nitrogens with zero attached hydrogens (tertiary/aromatic N) is 1. The summed E-state index contributed by atoms with van der Waals surface area (Å²) in [6.07, 6.45) is 3.58. The molecule has 1 aromatic rings. The molecule has 0 fully saturated rings. The molecule has 0 bridgehead atoms. The molecule has 0 spiro atoms. The smallest absolute Gasteiger partial charge is 0.321 e. The summed E-state index contributed by atoms with van der Waals surface area (Å²) in [5.41, 5.74) is 2.31. The van der Waals surface area contributed by atoms with Gasteiger partial charge in [-0.2, -0.15) is 0 Å². The fourth-order valence-electron chi connectivity index (χ4n) is 1.49. The highest BCUT2D eigenvalue weighted by Gasteiger charge is 2.05. The fraction of sp³-hybridized carbons (Fsp3) is 0.357. The summed E-state index contributed by atoms with van der Waals surface area (Å²) in [5.74, 6) is 0. The highest BCUT2D eigenvalue weighted by Crippen LogP contribution is 2.04. The van der Waals surface area contributed by atoms with E-state index in [2.05, 4.69) is 12.2 Å². The lowest BCUT2D eigenvalue weighted by atomic mass is 10.1. The first-order valence-electron chi connectivity index (χ1n) is 5.96. The summed E-state index contributed by atoms with van der Waals surface area (Å²) in [4.78, 5) is 13.3. The molecule has 0 aromatic heterocycles. The van der Waals surface area contributed by atoms with Crippen molar-refractivity contribution in [3.05, 3.63) is 41.6 Å². The van der Waals surface area contributed by atoms with Crippen molar-refractivity contribution in [1.82, 2.24) is 10.2 Å². The SMILES string of the molecule is CCN(CC)C(=O)N/C=C/c1ccc(C)cc1. The minimum Gasteiger partial charge on any atom is -0.325 e. The number of hydrogen-bond acceptors (Lipinski definition) is 1. The average Bonchev–Trinajstić information content (AvgIpc) is 2.33. The van der Waals surface area contributed by atoms with E-state index in [0.29, 0.717) is 0 Å². The molecule has 0 saturated heterocycles. The van der Waals surface area contributed by atoms with E-state index in [1.165, 1.54) is 5.56 Å². The number of hydrogen-bond donors (Lipinski definition) is 1. The molecule has 0 aliphatic carbocycles. The average molecular weight is 232 g/mol. The number of carbonyl (C=O) groups is 1. The van der Waals surface area contributed by atoms with Crippen LogP contribution in [0.25, 0.3) is 6.08 Å². The number of rotatable bonds is 4. The maximum Gasteiger partial charge on any atom is 0.321 e. The summed E-state index contributed by atoms with van der Waals surface area (Å²) in [7, 11) is 0. The topological polar surface area (TPSA) is 32.3 Å². The van der Waals surface area contributed by atoms with Crippen LogP contribution in [0.3, 0.4) is 0 Å². The van der Waals surface area contributed by atoms with E-state index in [1.54, 1.807) is 11.1 Å². The lowest BCUT2D eigenvalue weighted by Crippen LogP contribution is -2.37. The maximum atomic E-state index is 11.6. The summed E-state index contributed by atoms with van der Waals surface area (Å²) >= 11 is 0. The van der Waals surface area contributed by atoms with Crippen molar-refractivity contribution in [2.75, 3.05) is 13.1 Å². The predicted molar refractivity (Wildman–Crippen MR) is 71.7 cm³/mol. The quantitative estimate of drug-likeness (QED) is 0.850. The molecule has 17 heavy (non-hydrogen) atoms. The van der Waals surface area contributed by atoms with E-state index in [0.717, 1.165) is 18.7 Å². The van der Waals surface area contributed by atoms with Gasteiger partial charge in [0.05, 0.1) is 0 Å². The third-order valence-corrected chi connectivity index (χ3v) is 2.61. The van der Waals surface area contributed by atoms with Crippen LogP contribution in [-0.2, 0) is 0 Å². The number of aryl methyl sites for hydroxylation is 1. The Balaban J connectivity index is 2.50. The second-order valence-corrected chi connectivity index (χ2v) is 3.87. The lowest BCUT2D eigenvalue weighted by Gasteiger charge is -2.17. The van der Waals surface area contributed by atoms with E-state index in [9.17, 15) is 4.79 Å². The standard InChI is InChI=1S/C14H20N2O/c1-4-16(5-2)14(17)15-11-10-13-8-6-12(3)7-9-13/h6-11H,4-5H2,1-3H3,(H,15,17)/b11-10+. The second-order valence-electron chi connectivity index (χ2n) is 3.87. The summed E-state index contributed by atoms with van der Waals surface area (Å²) in [6.45, 7) is 7.43. The Morgan fingerprint density at radius 2 is 1.82 bits per heavy atom. The highest BCUT2D eigenvalue weighted by atomic mass is 16.2. The zero-order valence-electron chi connectivity index (χ0n) is 10.7. The molecule has 1 N–H and O–H groups in total. The van der Waals surface area contributed by atoms with Crippen molar-refractivity contribution >= 4 is 12.1 Å². The third-order valence-electron chi connectivity index (χ3n) is 2.61. The number of urea groups is 1. The van der Waals surface area contributed by atoms with Crippen LogP contribution in [0.5, 0.6) is 0 Å². The van der Waals surface area contributed by atoms with Gasteiger partial charge in [0.2, 0.25) is 0 Å². The molecule has 3 heteroatoms. The minimum atomic E-state index is -0.0571.